The fraction of sp³-hybridized carbons (Fsp3) is 0.0667. The van der Waals surface area contributed by atoms with Crippen LogP contribution < -0.4 is 5.73 Å². The number of ketones is 1. The summed E-state index contributed by atoms with van der Waals surface area (Å²) in [6.07, 6.45) is 1.31. The number of carbonyl (C=O) groups is 1. The Bertz CT molecular complexity index is 1300. The van der Waals surface area contributed by atoms with Gasteiger partial charge in [0, 0.05) is 5.69 Å². The number of hydrogen-bond acceptors (Lipinski definition) is 8. The van der Waals surface area contributed by atoms with Crippen molar-refractivity contribution in [3.05, 3.63) is 46.9 Å². The molecule has 0 unspecified atom stereocenters. The highest BCUT2D eigenvalue weighted by Gasteiger charge is 2.24. The molecular formula is C15H10N8OS. The van der Waals surface area contributed by atoms with Gasteiger partial charge in [0.2, 0.25) is 5.78 Å². The third kappa shape index (κ3) is 1.82. The number of nitrogens with two attached hydrogens (primary N) is 1. The molecular weight excluding hydrogens is 340 g/mol. The van der Waals surface area contributed by atoms with Crippen LogP contribution in [0.4, 0.5) is 5.82 Å². The molecule has 4 heterocycles. The summed E-state index contributed by atoms with van der Waals surface area (Å²) in [6, 6.07) is 7.79. The van der Waals surface area contributed by atoms with Crippen LogP contribution in [0.3, 0.4) is 0 Å². The summed E-state index contributed by atoms with van der Waals surface area (Å²) >= 11 is 1.30. The minimum absolute atomic E-state index is 0.0508. The van der Waals surface area contributed by atoms with E-state index in [-0.39, 0.29) is 23.1 Å². The average Bonchev–Trinajstić information content (AvgIpc) is 3.29. The molecule has 0 spiro atoms. The number of benzene rings is 1. The van der Waals surface area contributed by atoms with Crippen LogP contribution in [0.5, 0.6) is 0 Å². The van der Waals surface area contributed by atoms with Gasteiger partial charge in [-0.15, -0.1) is 10.2 Å². The molecule has 0 radical (unpaired) electrons. The molecule has 0 bridgehead atoms. The summed E-state index contributed by atoms with van der Waals surface area (Å²) in [6.45, 7) is 1.88. The lowest BCUT2D eigenvalue weighted by Gasteiger charge is -2.03. The standard InChI is InChI=1S/C15H10N8OS/c1-7-12(25-15-19-8-4-2-3-5-9(8)22(7)15)11(24)10-13(16)23-14(21-20-10)17-6-18-23/h2-6H,16H2,1H3. The van der Waals surface area contributed by atoms with Crippen LogP contribution >= 0.6 is 11.3 Å². The van der Waals surface area contributed by atoms with E-state index < -0.39 is 0 Å². The number of hydrogen-bond donors (Lipinski definition) is 1. The zero-order chi connectivity index (χ0) is 17.1. The van der Waals surface area contributed by atoms with Gasteiger partial charge in [0.15, 0.2) is 16.5 Å². The second-order valence-electron chi connectivity index (χ2n) is 5.47. The minimum Gasteiger partial charge on any atom is -0.382 e. The highest BCUT2D eigenvalue weighted by atomic mass is 32.1. The van der Waals surface area contributed by atoms with Crippen LogP contribution in [0.15, 0.2) is 30.6 Å². The van der Waals surface area contributed by atoms with Crippen molar-refractivity contribution in [1.82, 2.24) is 34.2 Å². The summed E-state index contributed by atoms with van der Waals surface area (Å²) in [5.74, 6) is 0.0556. The van der Waals surface area contributed by atoms with Crippen molar-refractivity contribution in [3.63, 3.8) is 0 Å². The third-order valence-corrected chi connectivity index (χ3v) is 5.19. The zero-order valence-corrected chi connectivity index (χ0v) is 13.7. The molecule has 2 N–H and O–H groups in total. The van der Waals surface area contributed by atoms with Gasteiger partial charge in [-0.1, -0.05) is 23.5 Å². The number of para-hydroxylation sites is 2. The maximum Gasteiger partial charge on any atom is 0.273 e. The summed E-state index contributed by atoms with van der Waals surface area (Å²) < 4.78 is 3.26. The molecule has 0 saturated heterocycles. The molecule has 0 aliphatic carbocycles. The minimum atomic E-state index is -0.306. The highest BCUT2D eigenvalue weighted by molar-refractivity contribution is 7.19. The molecule has 5 rings (SSSR count). The zero-order valence-electron chi connectivity index (χ0n) is 12.9. The Morgan fingerprint density at radius 2 is 2.08 bits per heavy atom. The van der Waals surface area contributed by atoms with E-state index in [4.69, 9.17) is 5.73 Å². The van der Waals surface area contributed by atoms with Gasteiger partial charge >= 0.3 is 0 Å². The number of aryl methyl sites for hydroxylation is 1. The normalized spacial score (nSPS) is 11.7. The molecule has 4 aromatic heterocycles. The Hall–Kier alpha value is -3.40. The van der Waals surface area contributed by atoms with Crippen molar-refractivity contribution in [2.24, 2.45) is 0 Å². The molecule has 0 saturated carbocycles. The average molecular weight is 350 g/mol. The lowest BCUT2D eigenvalue weighted by atomic mass is 10.2. The first-order valence-corrected chi connectivity index (χ1v) is 8.20. The van der Waals surface area contributed by atoms with Crippen molar-refractivity contribution >= 4 is 44.7 Å². The van der Waals surface area contributed by atoms with E-state index in [9.17, 15) is 4.79 Å². The molecule has 0 fully saturated rings. The lowest BCUT2D eigenvalue weighted by molar-refractivity contribution is 0.103. The van der Waals surface area contributed by atoms with Gasteiger partial charge < -0.3 is 5.73 Å². The second-order valence-corrected chi connectivity index (χ2v) is 6.45. The van der Waals surface area contributed by atoms with Crippen LogP contribution in [0.1, 0.15) is 21.1 Å². The molecule has 5 aromatic rings. The van der Waals surface area contributed by atoms with E-state index in [1.807, 2.05) is 35.6 Å². The third-order valence-electron chi connectivity index (χ3n) is 4.05. The molecule has 9 nitrogen and oxygen atoms in total. The molecule has 25 heavy (non-hydrogen) atoms. The first kappa shape index (κ1) is 14.0. The van der Waals surface area contributed by atoms with Gasteiger partial charge in [-0.2, -0.15) is 14.6 Å². The number of nitrogens with zero attached hydrogens (tertiary/aromatic N) is 7. The molecule has 0 aliphatic rings. The van der Waals surface area contributed by atoms with E-state index in [0.717, 1.165) is 21.7 Å². The number of aromatic nitrogens is 7. The molecule has 0 aliphatic heterocycles. The van der Waals surface area contributed by atoms with Crippen molar-refractivity contribution in [2.75, 3.05) is 5.73 Å². The van der Waals surface area contributed by atoms with E-state index in [2.05, 4.69) is 25.3 Å². The predicted molar refractivity (Wildman–Crippen MR) is 91.7 cm³/mol. The van der Waals surface area contributed by atoms with Gasteiger partial charge in [-0.25, -0.2) is 4.98 Å². The second kappa shape index (κ2) is 4.80. The Morgan fingerprint density at radius 3 is 2.96 bits per heavy atom. The molecule has 10 heteroatoms. The molecule has 0 atom stereocenters. The van der Waals surface area contributed by atoms with Crippen molar-refractivity contribution in [1.29, 1.82) is 0 Å². The number of thiazole rings is 1. The van der Waals surface area contributed by atoms with E-state index >= 15 is 0 Å². The Kier molecular flexibility index (Phi) is 2.69. The van der Waals surface area contributed by atoms with Gasteiger partial charge in [0.1, 0.15) is 11.2 Å². The summed E-state index contributed by atoms with van der Waals surface area (Å²) in [5, 5.41) is 11.8. The monoisotopic (exact) mass is 350 g/mol. The Morgan fingerprint density at radius 1 is 1.24 bits per heavy atom. The van der Waals surface area contributed by atoms with Crippen LogP contribution in [-0.4, -0.2) is 40.0 Å². The van der Waals surface area contributed by atoms with Crippen LogP contribution in [0.2, 0.25) is 0 Å². The van der Waals surface area contributed by atoms with E-state index in [1.165, 1.54) is 22.2 Å². The maximum atomic E-state index is 13.0. The van der Waals surface area contributed by atoms with Crippen LogP contribution in [0.25, 0.3) is 21.8 Å². The Labute approximate surface area is 143 Å². The number of rotatable bonds is 2. The smallest absolute Gasteiger partial charge is 0.273 e. The number of carbonyl (C=O) groups excluding carboxylic acids is 1. The number of imidazole rings is 1. The van der Waals surface area contributed by atoms with Gasteiger partial charge in [-0.05, 0) is 19.1 Å². The van der Waals surface area contributed by atoms with Crippen molar-refractivity contribution in [3.8, 4) is 0 Å². The van der Waals surface area contributed by atoms with Gasteiger partial charge in [0.25, 0.3) is 5.78 Å². The lowest BCUT2D eigenvalue weighted by Crippen LogP contribution is -2.14. The topological polar surface area (TPSA) is 116 Å². The Balaban J connectivity index is 1.73. The molecule has 1 aromatic carbocycles. The fourth-order valence-electron chi connectivity index (χ4n) is 2.86. The molecule has 122 valence electrons. The van der Waals surface area contributed by atoms with Crippen LogP contribution in [-0.2, 0) is 0 Å². The van der Waals surface area contributed by atoms with Crippen molar-refractivity contribution < 1.29 is 4.79 Å². The predicted octanol–water partition coefficient (Wildman–Crippen LogP) is 1.50. The first-order chi connectivity index (χ1) is 12.1. The van der Waals surface area contributed by atoms with Crippen LogP contribution in [0, 0.1) is 6.92 Å². The number of fused-ring (bicyclic) bond motifs is 4. The quantitative estimate of drug-likeness (QED) is 0.480. The fourth-order valence-corrected chi connectivity index (χ4v) is 3.94. The van der Waals surface area contributed by atoms with Gasteiger partial charge in [-0.3, -0.25) is 9.20 Å². The number of nitrogen functional groups attached to an aromatic ring is 1. The molecule has 0 amide bonds. The van der Waals surface area contributed by atoms with Crippen molar-refractivity contribution in [2.45, 2.75) is 6.92 Å². The maximum absolute atomic E-state index is 13.0. The summed E-state index contributed by atoms with van der Waals surface area (Å²) in [5.41, 5.74) is 8.72. The SMILES string of the molecule is Cc1c(C(=O)c2nnc3ncnn3c2N)sc2nc3ccccc3n12. The first-order valence-electron chi connectivity index (χ1n) is 7.38. The van der Waals surface area contributed by atoms with E-state index in [1.54, 1.807) is 0 Å². The summed E-state index contributed by atoms with van der Waals surface area (Å²) in [7, 11) is 0. The summed E-state index contributed by atoms with van der Waals surface area (Å²) in [4.78, 5) is 22.7. The van der Waals surface area contributed by atoms with Gasteiger partial charge in [0.05, 0.1) is 11.0 Å². The largest absolute Gasteiger partial charge is 0.382 e. The van der Waals surface area contributed by atoms with E-state index in [0.29, 0.717) is 4.88 Å². The highest BCUT2D eigenvalue weighted by Crippen LogP contribution is 2.29. The number of anilines is 1.